The van der Waals surface area contributed by atoms with E-state index in [4.69, 9.17) is 9.47 Å². The molecule has 0 saturated carbocycles. The van der Waals surface area contributed by atoms with Crippen LogP contribution in [0.2, 0.25) is 0 Å². The highest BCUT2D eigenvalue weighted by Crippen LogP contribution is 2.55. The minimum Gasteiger partial charge on any atom is -0.339 e. The number of hydrogen-bond donors (Lipinski definition) is 0. The van der Waals surface area contributed by atoms with Crippen LogP contribution in [-0.4, -0.2) is 18.0 Å². The van der Waals surface area contributed by atoms with Crippen LogP contribution in [0.5, 0.6) is 0 Å². The molecule has 0 amide bonds. The van der Waals surface area contributed by atoms with E-state index >= 15 is 0 Å². The smallest absolute Gasteiger partial charge is 0.227 e. The predicted molar refractivity (Wildman–Crippen MR) is 39.9 cm³/mol. The van der Waals surface area contributed by atoms with Crippen molar-refractivity contribution in [2.45, 2.75) is 11.4 Å². The van der Waals surface area contributed by atoms with Gasteiger partial charge in [-0.15, -0.1) is 0 Å². The number of epoxide rings is 1. The largest absolute Gasteiger partial charge is 0.339 e. The van der Waals surface area contributed by atoms with E-state index in [1.165, 1.54) is 0 Å². The van der Waals surface area contributed by atoms with Gasteiger partial charge < -0.3 is 9.47 Å². The molecule has 0 aromatic heterocycles. The molecule has 2 heterocycles. The van der Waals surface area contributed by atoms with E-state index in [2.05, 4.69) is 6.08 Å². The normalized spacial score (nSPS) is 50.2. The third-order valence-electron chi connectivity index (χ3n) is 2.35. The number of rotatable bonds is 0. The maximum absolute atomic E-state index is 5.53. The first-order chi connectivity index (χ1) is 5.37. The first-order valence-electron chi connectivity index (χ1n) is 3.76. The maximum Gasteiger partial charge on any atom is 0.227 e. The van der Waals surface area contributed by atoms with Gasteiger partial charge in [-0.05, 0) is 18.2 Å². The molecule has 11 heavy (non-hydrogen) atoms. The molecule has 2 atom stereocenters. The van der Waals surface area contributed by atoms with Gasteiger partial charge in [-0.25, -0.2) is 0 Å². The van der Waals surface area contributed by atoms with E-state index in [0.29, 0.717) is 6.61 Å². The molecular formula is C9H8O2. The van der Waals surface area contributed by atoms with Crippen molar-refractivity contribution in [1.82, 2.24) is 0 Å². The zero-order chi connectivity index (χ0) is 7.36. The van der Waals surface area contributed by atoms with Crippen LogP contribution >= 0.6 is 0 Å². The third-order valence-corrected chi connectivity index (χ3v) is 2.35. The molecular weight excluding hydrogens is 140 g/mol. The number of hydrogen-bond acceptors (Lipinski definition) is 2. The minimum atomic E-state index is -0.434. The van der Waals surface area contributed by atoms with Crippen molar-refractivity contribution in [2.75, 3.05) is 6.61 Å². The first kappa shape index (κ1) is 5.75. The molecule has 3 aliphatic rings. The van der Waals surface area contributed by atoms with Crippen LogP contribution in [0.3, 0.4) is 0 Å². The summed E-state index contributed by atoms with van der Waals surface area (Å²) < 4.78 is 11.0. The Kier molecular flexibility index (Phi) is 0.780. The van der Waals surface area contributed by atoms with Crippen molar-refractivity contribution in [3.63, 3.8) is 0 Å². The lowest BCUT2D eigenvalue weighted by Crippen LogP contribution is -2.28. The fourth-order valence-corrected chi connectivity index (χ4v) is 1.71. The van der Waals surface area contributed by atoms with Gasteiger partial charge in [-0.3, -0.25) is 0 Å². The molecule has 1 fully saturated rings. The van der Waals surface area contributed by atoms with Gasteiger partial charge in [0.05, 0.1) is 6.61 Å². The van der Waals surface area contributed by atoms with E-state index in [0.717, 1.165) is 0 Å². The zero-order valence-corrected chi connectivity index (χ0v) is 5.99. The summed E-state index contributed by atoms with van der Waals surface area (Å²) in [6, 6.07) is 0. The topological polar surface area (TPSA) is 21.8 Å². The lowest BCUT2D eigenvalue weighted by atomic mass is 9.95. The second-order valence-corrected chi connectivity index (χ2v) is 2.99. The Morgan fingerprint density at radius 3 is 2.91 bits per heavy atom. The maximum atomic E-state index is 5.53. The van der Waals surface area contributed by atoms with Crippen LogP contribution in [0.15, 0.2) is 36.5 Å². The van der Waals surface area contributed by atoms with E-state index in [1.54, 1.807) is 0 Å². The Hall–Kier alpha value is -0.860. The van der Waals surface area contributed by atoms with Gasteiger partial charge in [0, 0.05) is 0 Å². The highest BCUT2D eigenvalue weighted by Gasteiger charge is 2.69. The molecule has 0 radical (unpaired) electrons. The second-order valence-electron chi connectivity index (χ2n) is 2.99. The summed E-state index contributed by atoms with van der Waals surface area (Å²) in [5, 5.41) is 0. The average molecular weight is 148 g/mol. The van der Waals surface area contributed by atoms with Gasteiger partial charge in [0.2, 0.25) is 5.79 Å². The van der Waals surface area contributed by atoms with Crippen molar-refractivity contribution < 1.29 is 9.47 Å². The fraction of sp³-hybridized carbons (Fsp3) is 0.333. The molecule has 2 nitrogen and oxygen atoms in total. The predicted octanol–water partition coefficient (Wildman–Crippen LogP) is 1.16. The molecule has 1 aliphatic carbocycles. The Bertz CT molecular complexity index is 290. The molecule has 0 spiro atoms. The molecule has 2 unspecified atom stereocenters. The summed E-state index contributed by atoms with van der Waals surface area (Å²) in [6.07, 6.45) is 12.0. The standard InChI is InChI=1S/C9H8O2/c1-2-6-9-8(4-1,11-9)5-3-7-10-9/h1-6H,7H2. The summed E-state index contributed by atoms with van der Waals surface area (Å²) in [7, 11) is 0. The monoisotopic (exact) mass is 148 g/mol. The number of allylic oxidation sites excluding steroid dienone is 2. The lowest BCUT2D eigenvalue weighted by Gasteiger charge is -2.17. The quantitative estimate of drug-likeness (QED) is 0.380. The van der Waals surface area contributed by atoms with Gasteiger partial charge in [0.25, 0.3) is 0 Å². The van der Waals surface area contributed by atoms with Gasteiger partial charge in [-0.2, -0.15) is 0 Å². The van der Waals surface area contributed by atoms with Crippen LogP contribution in [0, 0.1) is 0 Å². The van der Waals surface area contributed by atoms with Gasteiger partial charge in [0.1, 0.15) is 0 Å². The van der Waals surface area contributed by atoms with Gasteiger partial charge >= 0.3 is 0 Å². The Morgan fingerprint density at radius 2 is 2.00 bits per heavy atom. The van der Waals surface area contributed by atoms with Crippen LogP contribution < -0.4 is 0 Å². The average Bonchev–Trinajstić information content (AvgIpc) is 2.72. The van der Waals surface area contributed by atoms with Crippen molar-refractivity contribution in [3.05, 3.63) is 36.5 Å². The van der Waals surface area contributed by atoms with Gasteiger partial charge in [-0.1, -0.05) is 18.2 Å². The van der Waals surface area contributed by atoms with Gasteiger partial charge in [0.15, 0.2) is 5.60 Å². The first-order valence-corrected chi connectivity index (χ1v) is 3.76. The highest BCUT2D eigenvalue weighted by atomic mass is 16.8. The van der Waals surface area contributed by atoms with Crippen LogP contribution in [-0.2, 0) is 9.47 Å². The molecule has 1 saturated heterocycles. The highest BCUT2D eigenvalue weighted by molar-refractivity contribution is 5.43. The molecule has 0 aromatic carbocycles. The van der Waals surface area contributed by atoms with E-state index in [9.17, 15) is 0 Å². The SMILES string of the molecule is C1=CC23C=CCOC2(C=C1)O3. The summed E-state index contributed by atoms with van der Waals surface area (Å²) in [5.41, 5.74) is -0.250. The van der Waals surface area contributed by atoms with E-state index < -0.39 is 5.79 Å². The molecule has 0 N–H and O–H groups in total. The van der Waals surface area contributed by atoms with Crippen LogP contribution in [0.4, 0.5) is 0 Å². The zero-order valence-electron chi connectivity index (χ0n) is 5.99. The van der Waals surface area contributed by atoms with Crippen molar-refractivity contribution in [1.29, 1.82) is 0 Å². The Balaban J connectivity index is 2.14. The minimum absolute atomic E-state index is 0.250. The second kappa shape index (κ2) is 1.49. The van der Waals surface area contributed by atoms with E-state index in [1.807, 2.05) is 30.4 Å². The van der Waals surface area contributed by atoms with Crippen molar-refractivity contribution in [2.24, 2.45) is 0 Å². The fourth-order valence-electron chi connectivity index (χ4n) is 1.71. The summed E-state index contributed by atoms with van der Waals surface area (Å²) in [6.45, 7) is 0.653. The van der Waals surface area contributed by atoms with E-state index in [-0.39, 0.29) is 5.60 Å². The molecule has 0 aromatic rings. The molecule has 0 bridgehead atoms. The van der Waals surface area contributed by atoms with Crippen molar-refractivity contribution >= 4 is 0 Å². The summed E-state index contributed by atoms with van der Waals surface area (Å²) in [4.78, 5) is 0. The van der Waals surface area contributed by atoms with Crippen molar-refractivity contribution in [3.8, 4) is 0 Å². The summed E-state index contributed by atoms with van der Waals surface area (Å²) in [5.74, 6) is -0.434. The Labute approximate surface area is 64.8 Å². The Morgan fingerprint density at radius 1 is 1.09 bits per heavy atom. The molecule has 2 heteroatoms. The summed E-state index contributed by atoms with van der Waals surface area (Å²) >= 11 is 0. The lowest BCUT2D eigenvalue weighted by molar-refractivity contribution is 0.00659. The van der Waals surface area contributed by atoms with Crippen LogP contribution in [0.25, 0.3) is 0 Å². The third kappa shape index (κ3) is 0.513. The number of ether oxygens (including phenoxy) is 2. The molecule has 2 aliphatic heterocycles. The van der Waals surface area contributed by atoms with Crippen LogP contribution in [0.1, 0.15) is 0 Å². The molecule has 3 rings (SSSR count). The molecule has 56 valence electrons.